The van der Waals surface area contributed by atoms with Crippen LogP contribution in [0, 0.1) is 11.8 Å². The predicted molar refractivity (Wildman–Crippen MR) is 116 cm³/mol. The Morgan fingerprint density at radius 2 is 2.10 bits per heavy atom. The predicted octanol–water partition coefficient (Wildman–Crippen LogP) is 3.62. The molecule has 0 spiro atoms. The summed E-state index contributed by atoms with van der Waals surface area (Å²) in [5, 5.41) is 6.50. The molecule has 3 heterocycles. The number of para-hydroxylation sites is 1. The second kappa shape index (κ2) is 7.84. The lowest BCUT2D eigenvalue weighted by atomic mass is 9.88. The number of benzene rings is 1. The molecule has 0 bridgehead atoms. The molecule has 3 atom stereocenters. The van der Waals surface area contributed by atoms with Crippen molar-refractivity contribution in [3.8, 4) is 0 Å². The first kappa shape index (κ1) is 18.1. The van der Waals surface area contributed by atoms with E-state index in [1.165, 1.54) is 17.7 Å². The SMILES string of the molecule is O=C(Nc1ccccc1)[C@@H]1C=CC(C2CC(C3CCNC3)=C3C=CN=CN32)=CC1. The van der Waals surface area contributed by atoms with Crippen LogP contribution in [0.15, 0.2) is 82.7 Å². The first-order valence-corrected chi connectivity index (χ1v) is 10.5. The van der Waals surface area contributed by atoms with Gasteiger partial charge in [0.1, 0.15) is 0 Å². The maximum absolute atomic E-state index is 12.6. The van der Waals surface area contributed by atoms with Crippen molar-refractivity contribution in [1.82, 2.24) is 10.2 Å². The van der Waals surface area contributed by atoms with E-state index in [0.717, 1.165) is 31.6 Å². The minimum atomic E-state index is -0.124. The number of fused-ring (bicyclic) bond motifs is 1. The summed E-state index contributed by atoms with van der Waals surface area (Å²) in [7, 11) is 0. The summed E-state index contributed by atoms with van der Waals surface area (Å²) in [5.74, 6) is 0.542. The zero-order valence-corrected chi connectivity index (χ0v) is 16.4. The number of allylic oxidation sites excluding steroid dienone is 2. The van der Waals surface area contributed by atoms with Crippen LogP contribution < -0.4 is 10.6 Å². The van der Waals surface area contributed by atoms with E-state index in [2.05, 4.69) is 44.8 Å². The van der Waals surface area contributed by atoms with Gasteiger partial charge in [0, 0.05) is 24.1 Å². The Kier molecular flexibility index (Phi) is 4.90. The van der Waals surface area contributed by atoms with Gasteiger partial charge in [-0.1, -0.05) is 36.4 Å². The third-order valence-electron chi connectivity index (χ3n) is 6.31. The van der Waals surface area contributed by atoms with Crippen LogP contribution in [0.25, 0.3) is 0 Å². The van der Waals surface area contributed by atoms with Gasteiger partial charge in [-0.15, -0.1) is 0 Å². The first-order valence-electron chi connectivity index (χ1n) is 10.5. The molecule has 4 aliphatic rings. The molecule has 5 rings (SSSR count). The van der Waals surface area contributed by atoms with Crippen molar-refractivity contribution >= 4 is 17.9 Å². The van der Waals surface area contributed by atoms with Crippen LogP contribution in [-0.2, 0) is 4.79 Å². The summed E-state index contributed by atoms with van der Waals surface area (Å²) in [6, 6.07) is 9.93. The molecule has 1 aromatic carbocycles. The highest BCUT2D eigenvalue weighted by atomic mass is 16.1. The fourth-order valence-electron chi connectivity index (χ4n) is 4.75. The number of anilines is 1. The minimum absolute atomic E-state index is 0.0492. The van der Waals surface area contributed by atoms with E-state index in [1.807, 2.05) is 42.9 Å². The summed E-state index contributed by atoms with van der Waals surface area (Å²) in [4.78, 5) is 19.3. The summed E-state index contributed by atoms with van der Waals surface area (Å²) >= 11 is 0. The molecule has 1 saturated heterocycles. The van der Waals surface area contributed by atoms with Crippen molar-refractivity contribution in [3.05, 3.63) is 77.7 Å². The number of nitrogens with zero attached hydrogens (tertiary/aromatic N) is 2. The summed E-state index contributed by atoms with van der Waals surface area (Å²) < 4.78 is 0. The highest BCUT2D eigenvalue weighted by Gasteiger charge is 2.37. The van der Waals surface area contributed by atoms with Crippen molar-refractivity contribution in [2.24, 2.45) is 16.8 Å². The molecule has 29 heavy (non-hydrogen) atoms. The molecule has 1 aliphatic carbocycles. The molecule has 2 N–H and O–H groups in total. The minimum Gasteiger partial charge on any atom is -0.326 e. The number of rotatable bonds is 4. The van der Waals surface area contributed by atoms with Crippen molar-refractivity contribution in [2.75, 3.05) is 18.4 Å². The van der Waals surface area contributed by atoms with Crippen LogP contribution in [0.5, 0.6) is 0 Å². The maximum Gasteiger partial charge on any atom is 0.231 e. The Morgan fingerprint density at radius 1 is 1.21 bits per heavy atom. The van der Waals surface area contributed by atoms with E-state index < -0.39 is 0 Å². The van der Waals surface area contributed by atoms with Gasteiger partial charge in [0.05, 0.1) is 18.3 Å². The third kappa shape index (κ3) is 3.58. The van der Waals surface area contributed by atoms with Gasteiger partial charge in [-0.2, -0.15) is 0 Å². The molecule has 2 unspecified atom stereocenters. The molecule has 1 aromatic rings. The molecule has 3 aliphatic heterocycles. The number of carbonyl (C=O) groups is 1. The Labute approximate surface area is 171 Å². The Morgan fingerprint density at radius 3 is 2.86 bits per heavy atom. The fourth-order valence-corrected chi connectivity index (χ4v) is 4.75. The van der Waals surface area contributed by atoms with Crippen LogP contribution in [-0.4, -0.2) is 36.3 Å². The van der Waals surface area contributed by atoms with Gasteiger partial charge in [-0.05, 0) is 61.1 Å². The molecule has 5 heteroatoms. The van der Waals surface area contributed by atoms with E-state index in [1.54, 1.807) is 5.57 Å². The Bertz CT molecular complexity index is 935. The van der Waals surface area contributed by atoms with Crippen molar-refractivity contribution in [3.63, 3.8) is 0 Å². The molecule has 1 fully saturated rings. The number of aliphatic imine (C=N–C) groups is 1. The summed E-state index contributed by atoms with van der Waals surface area (Å²) in [6.07, 6.45) is 15.4. The van der Waals surface area contributed by atoms with E-state index in [0.29, 0.717) is 5.92 Å². The number of carbonyl (C=O) groups excluding carboxylic acids is 1. The van der Waals surface area contributed by atoms with Crippen molar-refractivity contribution in [1.29, 1.82) is 0 Å². The van der Waals surface area contributed by atoms with Gasteiger partial charge in [-0.3, -0.25) is 4.79 Å². The lowest BCUT2D eigenvalue weighted by molar-refractivity contribution is -0.118. The molecule has 1 amide bonds. The summed E-state index contributed by atoms with van der Waals surface area (Å²) in [5.41, 5.74) is 4.99. The lowest BCUT2D eigenvalue weighted by Gasteiger charge is -2.28. The molecule has 0 aromatic heterocycles. The van der Waals surface area contributed by atoms with Crippen molar-refractivity contribution in [2.45, 2.75) is 25.3 Å². The standard InChI is InChI=1S/C24H26N4O/c29-24(27-20-4-2-1-3-5-20)18-8-6-17(7-9-18)23-14-21(19-10-12-25-15-19)22-11-13-26-16-28(22)23/h1-8,11,13,16,18-19,23,25H,9-10,12,14-15H2,(H,27,29)/t18-,19?,23?/m1/s1. The average Bonchev–Trinajstić information content (AvgIpc) is 3.43. The monoisotopic (exact) mass is 386 g/mol. The maximum atomic E-state index is 12.6. The molecular formula is C24H26N4O. The molecule has 0 saturated carbocycles. The normalized spacial score (nSPS) is 27.9. The second-order valence-electron chi connectivity index (χ2n) is 8.07. The van der Waals surface area contributed by atoms with E-state index in [-0.39, 0.29) is 17.9 Å². The van der Waals surface area contributed by atoms with Crippen LogP contribution in [0.2, 0.25) is 0 Å². The largest absolute Gasteiger partial charge is 0.326 e. The van der Waals surface area contributed by atoms with Crippen molar-refractivity contribution < 1.29 is 4.79 Å². The zero-order chi connectivity index (χ0) is 19.6. The van der Waals surface area contributed by atoms with Gasteiger partial charge < -0.3 is 15.5 Å². The zero-order valence-electron chi connectivity index (χ0n) is 16.4. The average molecular weight is 386 g/mol. The lowest BCUT2D eigenvalue weighted by Crippen LogP contribution is -2.31. The second-order valence-corrected chi connectivity index (χ2v) is 8.07. The highest BCUT2D eigenvalue weighted by Crippen LogP contribution is 2.40. The molecule has 148 valence electrons. The Hall–Kier alpha value is -2.92. The number of hydrogen-bond donors (Lipinski definition) is 2. The Balaban J connectivity index is 1.28. The summed E-state index contributed by atoms with van der Waals surface area (Å²) in [6.45, 7) is 2.17. The van der Waals surface area contributed by atoms with Crippen LogP contribution in [0.4, 0.5) is 5.69 Å². The van der Waals surface area contributed by atoms with E-state index in [4.69, 9.17) is 0 Å². The number of nitrogens with one attached hydrogen (secondary N) is 2. The van der Waals surface area contributed by atoms with Gasteiger partial charge >= 0.3 is 0 Å². The van der Waals surface area contributed by atoms with Crippen LogP contribution >= 0.6 is 0 Å². The van der Waals surface area contributed by atoms with E-state index >= 15 is 0 Å². The van der Waals surface area contributed by atoms with Gasteiger partial charge in [-0.25, -0.2) is 4.99 Å². The quantitative estimate of drug-likeness (QED) is 0.831. The topological polar surface area (TPSA) is 56.7 Å². The molecule has 5 nitrogen and oxygen atoms in total. The molecule has 0 radical (unpaired) electrons. The smallest absolute Gasteiger partial charge is 0.231 e. The number of amides is 1. The van der Waals surface area contributed by atoms with E-state index in [9.17, 15) is 4.79 Å². The first-order chi connectivity index (χ1) is 14.3. The number of hydrogen-bond acceptors (Lipinski definition) is 4. The third-order valence-corrected chi connectivity index (χ3v) is 6.31. The fraction of sp³-hybridized carbons (Fsp3) is 0.333. The highest BCUT2D eigenvalue weighted by molar-refractivity contribution is 5.94. The molecular weight excluding hydrogens is 360 g/mol. The van der Waals surface area contributed by atoms with Crippen LogP contribution in [0.3, 0.4) is 0 Å². The van der Waals surface area contributed by atoms with Gasteiger partial charge in [0.25, 0.3) is 0 Å². The van der Waals surface area contributed by atoms with Gasteiger partial charge in [0.15, 0.2) is 0 Å². The van der Waals surface area contributed by atoms with Crippen LogP contribution in [0.1, 0.15) is 19.3 Å². The van der Waals surface area contributed by atoms with Gasteiger partial charge in [0.2, 0.25) is 5.91 Å².